The van der Waals surface area contributed by atoms with Crippen molar-refractivity contribution < 1.29 is 13.9 Å². The second-order valence-electron chi connectivity index (χ2n) is 6.07. The number of ether oxygens (including phenoxy) is 2. The predicted octanol–water partition coefficient (Wildman–Crippen LogP) is 2.85. The van der Waals surface area contributed by atoms with Crippen molar-refractivity contribution in [3.05, 3.63) is 11.8 Å². The summed E-state index contributed by atoms with van der Waals surface area (Å²) in [4.78, 5) is 8.27. The zero-order valence-corrected chi connectivity index (χ0v) is 14.0. The molecule has 2 aliphatic rings. The summed E-state index contributed by atoms with van der Waals surface area (Å²) in [5.41, 5.74) is 0.908. The minimum Gasteiger partial charge on any atom is -0.480 e. The third-order valence-corrected chi connectivity index (χ3v) is 5.13. The summed E-state index contributed by atoms with van der Waals surface area (Å²) in [5.74, 6) is 0.598. The fourth-order valence-corrected chi connectivity index (χ4v) is 3.35. The number of nitrogens with zero attached hydrogens (tertiary/aromatic N) is 4. The Morgan fingerprint density at radius 3 is 2.74 bits per heavy atom. The standard InChI is InChI=1S/C15H18ClFN4O2/c1-15(10-4-8(10)6-17)5-11(20-21-13(15)16)9-7-18-14(23-3)19-12(9)22-2/h7-8,10H,4-6H2,1-3H3/t8-,10+,15?/m1/s1. The summed E-state index contributed by atoms with van der Waals surface area (Å²) in [5, 5.41) is 8.70. The van der Waals surface area contributed by atoms with Gasteiger partial charge in [0.2, 0.25) is 5.88 Å². The van der Waals surface area contributed by atoms with Crippen molar-refractivity contribution in [2.75, 3.05) is 20.9 Å². The zero-order chi connectivity index (χ0) is 16.6. The first kappa shape index (κ1) is 16.1. The summed E-state index contributed by atoms with van der Waals surface area (Å²) in [7, 11) is 3.00. The summed E-state index contributed by atoms with van der Waals surface area (Å²) in [6, 6.07) is 0.214. The van der Waals surface area contributed by atoms with Crippen LogP contribution in [0.5, 0.6) is 11.9 Å². The van der Waals surface area contributed by atoms with Crippen molar-refractivity contribution in [3.8, 4) is 11.9 Å². The van der Waals surface area contributed by atoms with Crippen LogP contribution in [0.1, 0.15) is 25.3 Å². The van der Waals surface area contributed by atoms with Crippen LogP contribution in [-0.4, -0.2) is 41.7 Å². The number of alkyl halides is 1. The summed E-state index contributed by atoms with van der Waals surface area (Å²) in [6.07, 6.45) is 2.96. The minimum absolute atomic E-state index is 0.0531. The number of hydrogen-bond acceptors (Lipinski definition) is 6. The lowest BCUT2D eigenvalue weighted by Crippen LogP contribution is -2.33. The van der Waals surface area contributed by atoms with E-state index in [2.05, 4.69) is 20.2 Å². The van der Waals surface area contributed by atoms with Crippen LogP contribution in [0.2, 0.25) is 0 Å². The highest BCUT2D eigenvalue weighted by Gasteiger charge is 2.54. The van der Waals surface area contributed by atoms with Gasteiger partial charge in [0.25, 0.3) is 0 Å². The number of hydrogen-bond donors (Lipinski definition) is 0. The fraction of sp³-hybridized carbons (Fsp3) is 0.600. The normalized spacial score (nSPS) is 29.6. The predicted molar refractivity (Wildman–Crippen MR) is 85.3 cm³/mol. The molecule has 0 N–H and O–H groups in total. The first-order chi connectivity index (χ1) is 11.0. The highest BCUT2D eigenvalue weighted by atomic mass is 35.5. The first-order valence-corrected chi connectivity index (χ1v) is 7.73. The van der Waals surface area contributed by atoms with Crippen molar-refractivity contribution in [2.45, 2.75) is 19.8 Å². The van der Waals surface area contributed by atoms with E-state index in [1.807, 2.05) is 6.92 Å². The van der Waals surface area contributed by atoms with Crippen LogP contribution < -0.4 is 9.47 Å². The lowest BCUT2D eigenvalue weighted by atomic mass is 9.78. The van der Waals surface area contributed by atoms with E-state index >= 15 is 0 Å². The van der Waals surface area contributed by atoms with E-state index < -0.39 is 5.41 Å². The van der Waals surface area contributed by atoms with Gasteiger partial charge in [-0.1, -0.05) is 18.5 Å². The Kier molecular flexibility index (Phi) is 4.23. The van der Waals surface area contributed by atoms with Crippen molar-refractivity contribution in [3.63, 3.8) is 0 Å². The molecule has 1 unspecified atom stereocenters. The topological polar surface area (TPSA) is 69.0 Å². The van der Waals surface area contributed by atoms with Crippen LogP contribution in [0.3, 0.4) is 0 Å². The molecule has 0 spiro atoms. The molecule has 0 aromatic carbocycles. The molecule has 1 aromatic heterocycles. The molecule has 1 aliphatic heterocycles. The fourth-order valence-electron chi connectivity index (χ4n) is 3.11. The smallest absolute Gasteiger partial charge is 0.319 e. The quantitative estimate of drug-likeness (QED) is 0.826. The Balaban J connectivity index is 1.93. The van der Waals surface area contributed by atoms with Crippen LogP contribution in [0.4, 0.5) is 4.39 Å². The zero-order valence-electron chi connectivity index (χ0n) is 13.2. The molecular weight excluding hydrogens is 323 g/mol. The van der Waals surface area contributed by atoms with Crippen LogP contribution in [-0.2, 0) is 0 Å². The molecule has 2 heterocycles. The lowest BCUT2D eigenvalue weighted by Gasteiger charge is -2.31. The molecular formula is C15H18ClFN4O2. The highest BCUT2D eigenvalue weighted by Crippen LogP contribution is 2.55. The molecule has 0 amide bonds. The molecule has 3 atom stereocenters. The van der Waals surface area contributed by atoms with Crippen LogP contribution in [0.25, 0.3) is 0 Å². The van der Waals surface area contributed by atoms with Gasteiger partial charge in [-0.05, 0) is 18.3 Å². The van der Waals surface area contributed by atoms with Gasteiger partial charge in [-0.3, -0.25) is 4.39 Å². The number of halogens is 2. The Hall–Kier alpha value is -1.76. The van der Waals surface area contributed by atoms with Gasteiger partial charge in [0.05, 0.1) is 32.2 Å². The van der Waals surface area contributed by atoms with E-state index in [0.717, 1.165) is 6.42 Å². The molecule has 124 valence electrons. The monoisotopic (exact) mass is 340 g/mol. The summed E-state index contributed by atoms with van der Waals surface area (Å²) in [6.45, 7) is 1.68. The van der Waals surface area contributed by atoms with Gasteiger partial charge in [0, 0.05) is 18.0 Å². The third kappa shape index (κ3) is 2.78. The van der Waals surface area contributed by atoms with Crippen molar-refractivity contribution in [2.24, 2.45) is 27.5 Å². The van der Waals surface area contributed by atoms with Gasteiger partial charge >= 0.3 is 6.01 Å². The van der Waals surface area contributed by atoms with Crippen molar-refractivity contribution in [1.82, 2.24) is 9.97 Å². The van der Waals surface area contributed by atoms with E-state index in [-0.39, 0.29) is 24.5 Å². The van der Waals surface area contributed by atoms with E-state index in [0.29, 0.717) is 28.7 Å². The van der Waals surface area contributed by atoms with Gasteiger partial charge in [-0.2, -0.15) is 10.1 Å². The van der Waals surface area contributed by atoms with Crippen molar-refractivity contribution in [1.29, 1.82) is 0 Å². The Morgan fingerprint density at radius 1 is 1.35 bits per heavy atom. The average Bonchev–Trinajstić information content (AvgIpc) is 3.37. The molecule has 1 aliphatic carbocycles. The Labute approximate surface area is 138 Å². The molecule has 1 fully saturated rings. The minimum atomic E-state index is -0.416. The molecule has 0 bridgehead atoms. The maximum absolute atomic E-state index is 12.9. The van der Waals surface area contributed by atoms with Gasteiger partial charge in [0.1, 0.15) is 5.17 Å². The molecule has 3 rings (SSSR count). The Bertz CT molecular complexity index is 681. The number of methoxy groups -OCH3 is 2. The summed E-state index contributed by atoms with van der Waals surface area (Å²) >= 11 is 6.29. The van der Waals surface area contributed by atoms with E-state index in [9.17, 15) is 4.39 Å². The summed E-state index contributed by atoms with van der Waals surface area (Å²) < 4.78 is 23.2. The van der Waals surface area contributed by atoms with Crippen LogP contribution in [0.15, 0.2) is 16.4 Å². The Morgan fingerprint density at radius 2 is 2.13 bits per heavy atom. The van der Waals surface area contributed by atoms with E-state index in [1.165, 1.54) is 14.2 Å². The second-order valence-corrected chi connectivity index (χ2v) is 6.43. The second kappa shape index (κ2) is 6.03. The number of rotatable bonds is 5. The van der Waals surface area contributed by atoms with E-state index in [4.69, 9.17) is 21.1 Å². The molecule has 1 aromatic rings. The van der Waals surface area contributed by atoms with Gasteiger partial charge in [-0.25, -0.2) is 4.98 Å². The largest absolute Gasteiger partial charge is 0.480 e. The van der Waals surface area contributed by atoms with Crippen LogP contribution >= 0.6 is 11.6 Å². The van der Waals surface area contributed by atoms with Crippen LogP contribution in [0, 0.1) is 17.3 Å². The lowest BCUT2D eigenvalue weighted by molar-refractivity contribution is 0.347. The highest BCUT2D eigenvalue weighted by molar-refractivity contribution is 6.67. The molecule has 6 nitrogen and oxygen atoms in total. The SMILES string of the molecule is COc1ncc(C2=NN=C(Cl)C(C)([C@H]3C[C@@H]3CF)C2)c(OC)n1. The van der Waals surface area contributed by atoms with Crippen molar-refractivity contribution >= 4 is 22.5 Å². The maximum atomic E-state index is 12.9. The first-order valence-electron chi connectivity index (χ1n) is 7.35. The molecule has 1 saturated carbocycles. The third-order valence-electron chi connectivity index (χ3n) is 4.62. The van der Waals surface area contributed by atoms with Gasteiger partial charge in [-0.15, -0.1) is 5.10 Å². The molecule has 0 radical (unpaired) electrons. The molecule has 0 saturated heterocycles. The van der Waals surface area contributed by atoms with Gasteiger partial charge in [0.15, 0.2) is 0 Å². The van der Waals surface area contributed by atoms with E-state index in [1.54, 1.807) is 6.20 Å². The molecule has 8 heteroatoms. The molecule has 23 heavy (non-hydrogen) atoms. The van der Waals surface area contributed by atoms with Gasteiger partial charge < -0.3 is 9.47 Å². The average molecular weight is 341 g/mol. The maximum Gasteiger partial charge on any atom is 0.319 e. The number of aromatic nitrogens is 2.